The summed E-state index contributed by atoms with van der Waals surface area (Å²) in [5, 5.41) is 7.27. The van der Waals surface area contributed by atoms with Crippen LogP contribution in [0.1, 0.15) is 0 Å². The Labute approximate surface area is 120 Å². The van der Waals surface area contributed by atoms with Gasteiger partial charge in [0.1, 0.15) is 0 Å². The van der Waals surface area contributed by atoms with Crippen molar-refractivity contribution in [2.45, 2.75) is 4.90 Å². The van der Waals surface area contributed by atoms with Crippen LogP contribution in [0.3, 0.4) is 0 Å². The van der Waals surface area contributed by atoms with Crippen molar-refractivity contribution in [3.8, 4) is 0 Å². The second kappa shape index (κ2) is 5.99. The molecule has 3 N–H and O–H groups in total. The molecule has 0 fully saturated rings. The number of aromatic nitrogens is 2. The largest absolute Gasteiger partial charge is 0.397 e. The molecule has 0 saturated heterocycles. The Morgan fingerprint density at radius 3 is 3.00 bits per heavy atom. The first-order valence-electron chi connectivity index (χ1n) is 5.51. The second-order valence-electron chi connectivity index (χ2n) is 3.92. The molecule has 0 aliphatic rings. The topological polar surface area (TPSA) is 72.9 Å². The normalized spacial score (nSPS) is 10.4. The number of amides is 1. The SMILES string of the molecule is Cn1cc(SCC(=O)Nc2ccc(Cl)c(N)c2)cn1. The van der Waals surface area contributed by atoms with Gasteiger partial charge in [0, 0.05) is 23.8 Å². The van der Waals surface area contributed by atoms with Gasteiger partial charge in [-0.2, -0.15) is 5.10 Å². The van der Waals surface area contributed by atoms with Gasteiger partial charge in [0.25, 0.3) is 0 Å². The summed E-state index contributed by atoms with van der Waals surface area (Å²) in [6, 6.07) is 5.00. The zero-order valence-corrected chi connectivity index (χ0v) is 11.8. The van der Waals surface area contributed by atoms with Crippen molar-refractivity contribution in [3.05, 3.63) is 35.6 Å². The van der Waals surface area contributed by atoms with Gasteiger partial charge < -0.3 is 11.1 Å². The van der Waals surface area contributed by atoms with Gasteiger partial charge in [-0.25, -0.2) is 0 Å². The number of carbonyl (C=O) groups excluding carboxylic acids is 1. The Balaban J connectivity index is 1.88. The summed E-state index contributed by atoms with van der Waals surface area (Å²) in [4.78, 5) is 12.7. The maximum atomic E-state index is 11.8. The third-order valence-corrected chi connectivity index (χ3v) is 3.63. The number of nitrogens with zero attached hydrogens (tertiary/aromatic N) is 2. The van der Waals surface area contributed by atoms with Crippen LogP contribution in [0.2, 0.25) is 5.02 Å². The average molecular weight is 297 g/mol. The van der Waals surface area contributed by atoms with Gasteiger partial charge in [-0.1, -0.05) is 11.6 Å². The van der Waals surface area contributed by atoms with Crippen LogP contribution in [0.5, 0.6) is 0 Å². The van der Waals surface area contributed by atoms with Crippen LogP contribution in [-0.4, -0.2) is 21.4 Å². The minimum absolute atomic E-state index is 0.101. The molecule has 0 aliphatic carbocycles. The predicted octanol–water partition coefficient (Wildman–Crippen LogP) is 2.39. The van der Waals surface area contributed by atoms with Crippen molar-refractivity contribution in [2.24, 2.45) is 7.05 Å². The highest BCUT2D eigenvalue weighted by Crippen LogP contribution is 2.23. The first kappa shape index (κ1) is 13.8. The fraction of sp³-hybridized carbons (Fsp3) is 0.167. The molecule has 2 rings (SSSR count). The zero-order chi connectivity index (χ0) is 13.8. The first-order chi connectivity index (χ1) is 9.04. The summed E-state index contributed by atoms with van der Waals surface area (Å²) >= 11 is 7.23. The number of carbonyl (C=O) groups is 1. The number of nitrogens with two attached hydrogens (primary N) is 1. The first-order valence-corrected chi connectivity index (χ1v) is 6.87. The molecule has 0 unspecified atom stereocenters. The Hall–Kier alpha value is -1.66. The van der Waals surface area contributed by atoms with Crippen LogP contribution in [-0.2, 0) is 11.8 Å². The van der Waals surface area contributed by atoms with E-state index in [0.29, 0.717) is 22.2 Å². The lowest BCUT2D eigenvalue weighted by Gasteiger charge is -2.06. The highest BCUT2D eigenvalue weighted by molar-refractivity contribution is 8.00. The number of aryl methyl sites for hydroxylation is 1. The van der Waals surface area contributed by atoms with Gasteiger partial charge >= 0.3 is 0 Å². The van der Waals surface area contributed by atoms with Crippen molar-refractivity contribution in [1.29, 1.82) is 0 Å². The van der Waals surface area contributed by atoms with E-state index in [9.17, 15) is 4.79 Å². The van der Waals surface area contributed by atoms with Crippen molar-refractivity contribution in [2.75, 3.05) is 16.8 Å². The second-order valence-corrected chi connectivity index (χ2v) is 5.38. The van der Waals surface area contributed by atoms with Gasteiger partial charge in [-0.3, -0.25) is 9.48 Å². The number of thioether (sulfide) groups is 1. The molecule has 0 spiro atoms. The fourth-order valence-electron chi connectivity index (χ4n) is 1.44. The van der Waals surface area contributed by atoms with Gasteiger partial charge in [0.15, 0.2) is 0 Å². The van der Waals surface area contributed by atoms with Crippen LogP contribution in [0, 0.1) is 0 Å². The third kappa shape index (κ3) is 3.90. The monoisotopic (exact) mass is 296 g/mol. The standard InChI is InChI=1S/C12H13ClN4OS/c1-17-6-9(5-15-17)19-7-12(18)16-8-2-3-10(13)11(14)4-8/h2-6H,7,14H2,1H3,(H,16,18). The van der Waals surface area contributed by atoms with E-state index in [1.165, 1.54) is 11.8 Å². The number of halogens is 1. The molecule has 0 saturated carbocycles. The summed E-state index contributed by atoms with van der Waals surface area (Å²) in [6.07, 6.45) is 3.58. The fourth-order valence-corrected chi connectivity index (χ4v) is 2.28. The molecule has 19 heavy (non-hydrogen) atoms. The molecular weight excluding hydrogens is 284 g/mol. The van der Waals surface area contributed by atoms with Gasteiger partial charge in [-0.15, -0.1) is 11.8 Å². The summed E-state index contributed by atoms with van der Waals surface area (Å²) < 4.78 is 1.69. The molecule has 2 aromatic rings. The van der Waals surface area contributed by atoms with Crippen molar-refractivity contribution in [3.63, 3.8) is 0 Å². The highest BCUT2D eigenvalue weighted by atomic mass is 35.5. The predicted molar refractivity (Wildman–Crippen MR) is 78.4 cm³/mol. The smallest absolute Gasteiger partial charge is 0.234 e. The molecule has 1 amide bonds. The van der Waals surface area contributed by atoms with Crippen LogP contribution >= 0.6 is 23.4 Å². The number of nitrogen functional groups attached to an aromatic ring is 1. The highest BCUT2D eigenvalue weighted by Gasteiger charge is 2.06. The van der Waals surface area contributed by atoms with Gasteiger partial charge in [0.2, 0.25) is 5.91 Å². The molecule has 0 bridgehead atoms. The molecular formula is C12H13ClN4OS. The summed E-state index contributed by atoms with van der Waals surface area (Å²) in [7, 11) is 1.83. The average Bonchev–Trinajstić information content (AvgIpc) is 2.77. The summed E-state index contributed by atoms with van der Waals surface area (Å²) in [6.45, 7) is 0. The maximum absolute atomic E-state index is 11.8. The minimum Gasteiger partial charge on any atom is -0.397 e. The molecule has 0 aliphatic heterocycles. The van der Waals surface area contributed by atoms with E-state index in [2.05, 4.69) is 10.4 Å². The molecule has 1 aromatic carbocycles. The number of anilines is 2. The Bertz CT molecular complexity index is 599. The van der Waals surface area contributed by atoms with Crippen LogP contribution in [0.15, 0.2) is 35.5 Å². The van der Waals surface area contributed by atoms with E-state index in [0.717, 1.165) is 4.90 Å². The number of benzene rings is 1. The Kier molecular flexibility index (Phi) is 4.34. The minimum atomic E-state index is -0.101. The molecule has 5 nitrogen and oxygen atoms in total. The van der Waals surface area contributed by atoms with Crippen molar-refractivity contribution >= 4 is 40.6 Å². The Morgan fingerprint density at radius 2 is 2.37 bits per heavy atom. The zero-order valence-electron chi connectivity index (χ0n) is 10.3. The van der Waals surface area contributed by atoms with E-state index in [4.69, 9.17) is 17.3 Å². The molecule has 1 heterocycles. The van der Waals surface area contributed by atoms with E-state index in [1.807, 2.05) is 13.2 Å². The third-order valence-electron chi connectivity index (χ3n) is 2.33. The van der Waals surface area contributed by atoms with Crippen LogP contribution in [0.4, 0.5) is 11.4 Å². The van der Waals surface area contributed by atoms with E-state index >= 15 is 0 Å². The number of hydrogen-bond acceptors (Lipinski definition) is 4. The number of hydrogen-bond donors (Lipinski definition) is 2. The van der Waals surface area contributed by atoms with E-state index in [1.54, 1.807) is 29.1 Å². The summed E-state index contributed by atoms with van der Waals surface area (Å²) in [5.74, 6) is 0.212. The molecule has 0 atom stereocenters. The van der Waals surface area contributed by atoms with Crippen molar-refractivity contribution in [1.82, 2.24) is 9.78 Å². The van der Waals surface area contributed by atoms with Crippen molar-refractivity contribution < 1.29 is 4.79 Å². The van der Waals surface area contributed by atoms with E-state index in [-0.39, 0.29) is 5.91 Å². The maximum Gasteiger partial charge on any atom is 0.234 e. The lowest BCUT2D eigenvalue weighted by molar-refractivity contribution is -0.113. The van der Waals surface area contributed by atoms with E-state index < -0.39 is 0 Å². The van der Waals surface area contributed by atoms with Gasteiger partial charge in [0.05, 0.1) is 22.7 Å². The number of rotatable bonds is 4. The molecule has 7 heteroatoms. The number of nitrogens with one attached hydrogen (secondary N) is 1. The summed E-state index contributed by atoms with van der Waals surface area (Å²) in [5.41, 5.74) is 6.75. The van der Waals surface area contributed by atoms with Crippen LogP contribution < -0.4 is 11.1 Å². The molecule has 1 aromatic heterocycles. The van der Waals surface area contributed by atoms with Gasteiger partial charge in [-0.05, 0) is 18.2 Å². The molecule has 100 valence electrons. The molecule has 0 radical (unpaired) electrons. The quantitative estimate of drug-likeness (QED) is 0.671. The lowest BCUT2D eigenvalue weighted by Crippen LogP contribution is -2.14. The Morgan fingerprint density at radius 1 is 1.58 bits per heavy atom. The van der Waals surface area contributed by atoms with Crippen LogP contribution in [0.25, 0.3) is 0 Å². The lowest BCUT2D eigenvalue weighted by atomic mass is 10.3.